The Bertz CT molecular complexity index is 548. The standard InChI is InChI=1S/C10H10N4O2/c1-6-3-4-9(8(5-6)10(15)16)14-12-7(2)11-13-14/h3-5H,1-2H3,(H,15,16). The van der Waals surface area contributed by atoms with E-state index >= 15 is 0 Å². The summed E-state index contributed by atoms with van der Waals surface area (Å²) in [4.78, 5) is 12.3. The SMILES string of the molecule is Cc1ccc(-n2nnc(C)n2)c(C(=O)O)c1. The second-order valence-corrected chi connectivity index (χ2v) is 3.45. The molecule has 0 bridgehead atoms. The van der Waals surface area contributed by atoms with Gasteiger partial charge in [-0.3, -0.25) is 0 Å². The first-order valence-corrected chi connectivity index (χ1v) is 4.69. The summed E-state index contributed by atoms with van der Waals surface area (Å²) >= 11 is 0. The molecule has 2 aromatic rings. The molecule has 1 aromatic carbocycles. The van der Waals surface area contributed by atoms with E-state index in [-0.39, 0.29) is 5.56 Å². The molecule has 1 heterocycles. The molecule has 82 valence electrons. The minimum absolute atomic E-state index is 0.164. The third kappa shape index (κ3) is 1.77. The van der Waals surface area contributed by atoms with Crippen LogP contribution in [0.3, 0.4) is 0 Å². The number of benzene rings is 1. The van der Waals surface area contributed by atoms with Crippen molar-refractivity contribution in [1.29, 1.82) is 0 Å². The Hall–Kier alpha value is -2.24. The Morgan fingerprint density at radius 2 is 2.12 bits per heavy atom. The number of aromatic nitrogens is 4. The van der Waals surface area contributed by atoms with Gasteiger partial charge in [0.15, 0.2) is 5.82 Å². The van der Waals surface area contributed by atoms with Gasteiger partial charge in [-0.2, -0.15) is 0 Å². The van der Waals surface area contributed by atoms with Crippen LogP contribution in [0.5, 0.6) is 0 Å². The maximum atomic E-state index is 11.1. The average molecular weight is 218 g/mol. The van der Waals surface area contributed by atoms with Crippen LogP contribution >= 0.6 is 0 Å². The van der Waals surface area contributed by atoms with Gasteiger partial charge < -0.3 is 5.11 Å². The number of carbonyl (C=O) groups is 1. The van der Waals surface area contributed by atoms with Gasteiger partial charge >= 0.3 is 5.97 Å². The van der Waals surface area contributed by atoms with E-state index in [9.17, 15) is 4.79 Å². The maximum absolute atomic E-state index is 11.1. The van der Waals surface area contributed by atoms with Gasteiger partial charge in [-0.15, -0.1) is 15.0 Å². The first kappa shape index (κ1) is 10.3. The molecule has 2 rings (SSSR count). The molecule has 0 atom stereocenters. The zero-order valence-electron chi connectivity index (χ0n) is 8.88. The number of tetrazole rings is 1. The Labute approximate surface area is 91.5 Å². The second-order valence-electron chi connectivity index (χ2n) is 3.45. The number of rotatable bonds is 2. The van der Waals surface area contributed by atoms with Crippen LogP contribution in [0, 0.1) is 13.8 Å². The predicted octanol–water partition coefficient (Wildman–Crippen LogP) is 0.977. The molecule has 0 saturated heterocycles. The van der Waals surface area contributed by atoms with Crippen LogP contribution in [0.4, 0.5) is 0 Å². The molecule has 0 radical (unpaired) electrons. The lowest BCUT2D eigenvalue weighted by atomic mass is 10.1. The van der Waals surface area contributed by atoms with Crippen molar-refractivity contribution in [3.05, 3.63) is 35.2 Å². The monoisotopic (exact) mass is 218 g/mol. The molecule has 6 nitrogen and oxygen atoms in total. The fourth-order valence-electron chi connectivity index (χ4n) is 1.38. The highest BCUT2D eigenvalue weighted by atomic mass is 16.4. The van der Waals surface area contributed by atoms with Crippen LogP contribution in [0.1, 0.15) is 21.7 Å². The van der Waals surface area contributed by atoms with E-state index < -0.39 is 5.97 Å². The van der Waals surface area contributed by atoms with Crippen LogP contribution in [0.25, 0.3) is 5.69 Å². The highest BCUT2D eigenvalue weighted by Crippen LogP contribution is 2.14. The molecular formula is C10H10N4O2. The lowest BCUT2D eigenvalue weighted by Crippen LogP contribution is -2.08. The van der Waals surface area contributed by atoms with E-state index in [1.54, 1.807) is 25.1 Å². The molecule has 6 heteroatoms. The number of aryl methyl sites for hydroxylation is 2. The third-order valence-electron chi connectivity index (χ3n) is 2.11. The molecule has 0 unspecified atom stereocenters. The summed E-state index contributed by atoms with van der Waals surface area (Å²) in [6.45, 7) is 3.52. The van der Waals surface area contributed by atoms with Crippen LogP contribution < -0.4 is 0 Å². The number of hydrogen-bond donors (Lipinski definition) is 1. The summed E-state index contributed by atoms with van der Waals surface area (Å²) in [7, 11) is 0. The number of carboxylic acids is 1. The quantitative estimate of drug-likeness (QED) is 0.812. The van der Waals surface area contributed by atoms with E-state index in [1.807, 2.05) is 6.92 Å². The van der Waals surface area contributed by atoms with Crippen LogP contribution in [-0.2, 0) is 0 Å². The summed E-state index contributed by atoms with van der Waals surface area (Å²) in [6.07, 6.45) is 0. The number of hydrogen-bond acceptors (Lipinski definition) is 4. The Morgan fingerprint density at radius 1 is 1.38 bits per heavy atom. The van der Waals surface area contributed by atoms with Gasteiger partial charge in [0.1, 0.15) is 5.69 Å². The fraction of sp³-hybridized carbons (Fsp3) is 0.200. The number of aromatic carboxylic acids is 1. The summed E-state index contributed by atoms with van der Waals surface area (Å²) in [5, 5.41) is 20.5. The Kier molecular flexibility index (Phi) is 2.40. The summed E-state index contributed by atoms with van der Waals surface area (Å²) in [5.74, 6) is -0.509. The molecule has 0 aliphatic carbocycles. The van der Waals surface area contributed by atoms with E-state index in [2.05, 4.69) is 15.4 Å². The van der Waals surface area contributed by atoms with Crippen molar-refractivity contribution in [3.63, 3.8) is 0 Å². The van der Waals surface area contributed by atoms with Gasteiger partial charge in [-0.25, -0.2) is 4.79 Å². The Balaban J connectivity index is 2.60. The molecule has 1 aromatic heterocycles. The smallest absolute Gasteiger partial charge is 0.337 e. The first-order valence-electron chi connectivity index (χ1n) is 4.69. The second kappa shape index (κ2) is 3.73. The summed E-state index contributed by atoms with van der Waals surface area (Å²) < 4.78 is 0. The minimum Gasteiger partial charge on any atom is -0.478 e. The molecule has 0 aliphatic rings. The predicted molar refractivity (Wildman–Crippen MR) is 55.6 cm³/mol. The van der Waals surface area contributed by atoms with Crippen molar-refractivity contribution in [2.45, 2.75) is 13.8 Å². The van der Waals surface area contributed by atoms with E-state index in [1.165, 1.54) is 4.80 Å². The first-order chi connectivity index (χ1) is 7.58. The van der Waals surface area contributed by atoms with E-state index in [0.717, 1.165) is 5.56 Å². The van der Waals surface area contributed by atoms with Crippen LogP contribution in [0.2, 0.25) is 0 Å². The van der Waals surface area contributed by atoms with Gasteiger partial charge in [-0.1, -0.05) is 11.6 Å². The summed E-state index contributed by atoms with van der Waals surface area (Å²) in [5.41, 5.74) is 1.45. The lowest BCUT2D eigenvalue weighted by molar-refractivity contribution is 0.0696. The molecule has 0 amide bonds. The molecule has 0 aliphatic heterocycles. The summed E-state index contributed by atoms with van der Waals surface area (Å²) in [6, 6.07) is 5.05. The van der Waals surface area contributed by atoms with Gasteiger partial charge in [0.05, 0.1) is 5.56 Å². The Morgan fingerprint density at radius 3 is 2.69 bits per heavy atom. The lowest BCUT2D eigenvalue weighted by Gasteiger charge is -2.04. The molecule has 1 N–H and O–H groups in total. The largest absolute Gasteiger partial charge is 0.478 e. The highest BCUT2D eigenvalue weighted by molar-refractivity contribution is 5.92. The topological polar surface area (TPSA) is 80.9 Å². The average Bonchev–Trinajstić information content (AvgIpc) is 2.64. The van der Waals surface area contributed by atoms with Crippen molar-refractivity contribution in [2.24, 2.45) is 0 Å². The highest BCUT2D eigenvalue weighted by Gasteiger charge is 2.13. The molecule has 16 heavy (non-hydrogen) atoms. The zero-order chi connectivity index (χ0) is 11.7. The normalized spacial score (nSPS) is 10.4. The molecule has 0 fully saturated rings. The van der Waals surface area contributed by atoms with Gasteiger partial charge in [-0.05, 0) is 31.2 Å². The minimum atomic E-state index is -1.01. The van der Waals surface area contributed by atoms with Gasteiger partial charge in [0, 0.05) is 0 Å². The number of carboxylic acid groups (broad SMARTS) is 1. The van der Waals surface area contributed by atoms with E-state index in [4.69, 9.17) is 5.11 Å². The van der Waals surface area contributed by atoms with Crippen molar-refractivity contribution in [3.8, 4) is 5.69 Å². The van der Waals surface area contributed by atoms with Crippen molar-refractivity contribution >= 4 is 5.97 Å². The fourth-order valence-corrected chi connectivity index (χ4v) is 1.38. The third-order valence-corrected chi connectivity index (χ3v) is 2.11. The molecular weight excluding hydrogens is 208 g/mol. The van der Waals surface area contributed by atoms with E-state index in [0.29, 0.717) is 11.5 Å². The van der Waals surface area contributed by atoms with Crippen molar-refractivity contribution in [2.75, 3.05) is 0 Å². The van der Waals surface area contributed by atoms with Crippen LogP contribution in [0.15, 0.2) is 18.2 Å². The van der Waals surface area contributed by atoms with Crippen LogP contribution in [-0.4, -0.2) is 31.3 Å². The molecule has 0 spiro atoms. The number of nitrogens with zero attached hydrogens (tertiary/aromatic N) is 4. The van der Waals surface area contributed by atoms with Gasteiger partial charge in [0.25, 0.3) is 0 Å². The molecule has 0 saturated carbocycles. The zero-order valence-corrected chi connectivity index (χ0v) is 8.88. The van der Waals surface area contributed by atoms with Crippen molar-refractivity contribution in [1.82, 2.24) is 20.2 Å². The van der Waals surface area contributed by atoms with Gasteiger partial charge in [0.2, 0.25) is 0 Å². The van der Waals surface area contributed by atoms with Crippen molar-refractivity contribution < 1.29 is 9.90 Å². The maximum Gasteiger partial charge on any atom is 0.337 e.